The molecule has 0 saturated heterocycles. The lowest BCUT2D eigenvalue weighted by molar-refractivity contribution is -0.384. The first-order valence-corrected chi connectivity index (χ1v) is 7.66. The number of nitrogens with zero attached hydrogens (tertiary/aromatic N) is 1. The lowest BCUT2D eigenvalue weighted by Gasteiger charge is -2.18. The van der Waals surface area contributed by atoms with Crippen LogP contribution >= 0.6 is 0 Å². The van der Waals surface area contributed by atoms with Crippen molar-refractivity contribution in [1.82, 2.24) is 10.6 Å². The number of carbonyl (C=O) groups is 3. The Morgan fingerprint density at radius 3 is 2.24 bits per heavy atom. The summed E-state index contributed by atoms with van der Waals surface area (Å²) in [4.78, 5) is 44.4. The average Bonchev–Trinajstić information content (AvgIpc) is 2.54. The van der Waals surface area contributed by atoms with Crippen LogP contribution in [0, 0.1) is 15.5 Å². The minimum absolute atomic E-state index is 0.0478. The minimum atomic E-state index is -0.933. The third-order valence-electron chi connectivity index (χ3n) is 3.63. The van der Waals surface area contributed by atoms with Gasteiger partial charge in [0.15, 0.2) is 0 Å². The van der Waals surface area contributed by atoms with Crippen molar-refractivity contribution in [3.05, 3.63) is 39.9 Å². The van der Waals surface area contributed by atoms with E-state index in [1.165, 1.54) is 24.3 Å². The van der Waals surface area contributed by atoms with Gasteiger partial charge in [0, 0.05) is 37.2 Å². The van der Waals surface area contributed by atoms with Gasteiger partial charge in [-0.25, -0.2) is 0 Å². The number of carboxylic acid groups (broad SMARTS) is 1. The first-order valence-electron chi connectivity index (χ1n) is 7.66. The fourth-order valence-corrected chi connectivity index (χ4v) is 1.84. The van der Waals surface area contributed by atoms with Crippen LogP contribution in [0.1, 0.15) is 37.0 Å². The molecule has 25 heavy (non-hydrogen) atoms. The number of non-ortho nitro benzene ring substituents is 1. The number of benzene rings is 1. The van der Waals surface area contributed by atoms with Crippen molar-refractivity contribution in [2.24, 2.45) is 5.41 Å². The number of nitrogens with one attached hydrogen (secondary N) is 2. The highest BCUT2D eigenvalue weighted by molar-refractivity contribution is 5.94. The lowest BCUT2D eigenvalue weighted by Crippen LogP contribution is -2.34. The van der Waals surface area contributed by atoms with Gasteiger partial charge >= 0.3 is 5.97 Å². The summed E-state index contributed by atoms with van der Waals surface area (Å²) in [6.07, 6.45) is 0.343. The molecule has 136 valence electrons. The maximum Gasteiger partial charge on any atom is 0.309 e. The zero-order valence-electron chi connectivity index (χ0n) is 14.1. The van der Waals surface area contributed by atoms with Crippen LogP contribution in [-0.4, -0.2) is 40.9 Å². The SMILES string of the molecule is CC(C)(CCNC(=O)CCNC(=O)c1ccc([N+](=O)[O-])cc1)C(=O)O. The molecular weight excluding hydrogens is 330 g/mol. The molecule has 0 saturated carbocycles. The quantitative estimate of drug-likeness (QED) is 0.453. The molecule has 2 amide bonds. The number of nitro benzene ring substituents is 1. The van der Waals surface area contributed by atoms with Gasteiger partial charge in [0.05, 0.1) is 10.3 Å². The van der Waals surface area contributed by atoms with Crippen molar-refractivity contribution >= 4 is 23.5 Å². The second-order valence-corrected chi connectivity index (χ2v) is 6.10. The van der Waals surface area contributed by atoms with Crippen LogP contribution in [-0.2, 0) is 9.59 Å². The number of rotatable bonds is 9. The lowest BCUT2D eigenvalue weighted by atomic mass is 9.90. The third-order valence-corrected chi connectivity index (χ3v) is 3.63. The highest BCUT2D eigenvalue weighted by atomic mass is 16.6. The summed E-state index contributed by atoms with van der Waals surface area (Å²) in [7, 11) is 0. The van der Waals surface area contributed by atoms with E-state index < -0.39 is 22.2 Å². The van der Waals surface area contributed by atoms with Crippen molar-refractivity contribution in [2.75, 3.05) is 13.1 Å². The monoisotopic (exact) mass is 351 g/mol. The van der Waals surface area contributed by atoms with Gasteiger partial charge in [-0.2, -0.15) is 0 Å². The van der Waals surface area contributed by atoms with Crippen molar-refractivity contribution < 1.29 is 24.4 Å². The van der Waals surface area contributed by atoms with Crippen LogP contribution in [0.5, 0.6) is 0 Å². The van der Waals surface area contributed by atoms with E-state index in [4.69, 9.17) is 5.11 Å². The molecule has 9 heteroatoms. The van der Waals surface area contributed by atoms with Gasteiger partial charge in [-0.15, -0.1) is 0 Å². The van der Waals surface area contributed by atoms with Crippen LogP contribution in [0.4, 0.5) is 5.69 Å². The van der Waals surface area contributed by atoms with E-state index in [9.17, 15) is 24.5 Å². The van der Waals surface area contributed by atoms with E-state index in [-0.39, 0.29) is 36.7 Å². The first-order chi connectivity index (χ1) is 11.6. The van der Waals surface area contributed by atoms with Gasteiger partial charge in [-0.1, -0.05) is 0 Å². The van der Waals surface area contributed by atoms with Gasteiger partial charge in [-0.05, 0) is 32.4 Å². The predicted molar refractivity (Wildman–Crippen MR) is 89.1 cm³/mol. The zero-order chi connectivity index (χ0) is 19.0. The van der Waals surface area contributed by atoms with E-state index in [0.29, 0.717) is 6.42 Å². The largest absolute Gasteiger partial charge is 0.481 e. The molecule has 0 atom stereocenters. The smallest absolute Gasteiger partial charge is 0.309 e. The van der Waals surface area contributed by atoms with Gasteiger partial charge in [-0.3, -0.25) is 24.5 Å². The molecule has 0 heterocycles. The standard InChI is InChI=1S/C16H21N3O6/c1-16(2,15(22)23)8-10-17-13(20)7-9-18-14(21)11-3-5-12(6-4-11)19(24)25/h3-6H,7-10H2,1-2H3,(H,17,20)(H,18,21)(H,22,23). The van der Waals surface area contributed by atoms with Gasteiger partial charge in [0.1, 0.15) is 0 Å². The Morgan fingerprint density at radius 1 is 1.12 bits per heavy atom. The molecule has 3 N–H and O–H groups in total. The summed E-state index contributed by atoms with van der Waals surface area (Å²) in [5, 5.41) is 24.6. The zero-order valence-corrected chi connectivity index (χ0v) is 14.1. The fourth-order valence-electron chi connectivity index (χ4n) is 1.84. The maximum atomic E-state index is 11.8. The molecule has 1 aromatic carbocycles. The molecule has 1 rings (SSSR count). The Bertz CT molecular complexity index is 654. The summed E-state index contributed by atoms with van der Waals surface area (Å²) in [6, 6.07) is 5.13. The number of amides is 2. The molecule has 0 fully saturated rings. The normalized spacial score (nSPS) is 10.8. The third kappa shape index (κ3) is 6.58. The molecule has 0 spiro atoms. The molecule has 0 radical (unpaired) electrons. The molecule has 0 aromatic heterocycles. The number of hydrogen-bond donors (Lipinski definition) is 3. The van der Waals surface area contributed by atoms with E-state index in [2.05, 4.69) is 10.6 Å². The van der Waals surface area contributed by atoms with Crippen molar-refractivity contribution in [1.29, 1.82) is 0 Å². The Hall–Kier alpha value is -2.97. The molecule has 0 aliphatic rings. The van der Waals surface area contributed by atoms with Crippen LogP contribution in [0.3, 0.4) is 0 Å². The Balaban J connectivity index is 2.32. The van der Waals surface area contributed by atoms with Crippen molar-refractivity contribution in [3.63, 3.8) is 0 Å². The second-order valence-electron chi connectivity index (χ2n) is 6.10. The molecule has 1 aromatic rings. The van der Waals surface area contributed by atoms with Crippen LogP contribution < -0.4 is 10.6 Å². The topological polar surface area (TPSA) is 139 Å². The highest BCUT2D eigenvalue weighted by Gasteiger charge is 2.26. The number of aliphatic carboxylic acids is 1. The average molecular weight is 351 g/mol. The number of hydrogen-bond acceptors (Lipinski definition) is 5. The van der Waals surface area contributed by atoms with E-state index >= 15 is 0 Å². The summed E-state index contributed by atoms with van der Waals surface area (Å²) < 4.78 is 0. The highest BCUT2D eigenvalue weighted by Crippen LogP contribution is 2.19. The second kappa shape index (κ2) is 8.76. The number of nitro groups is 1. The molecule has 0 aliphatic heterocycles. The summed E-state index contributed by atoms with van der Waals surface area (Å²) in [5.41, 5.74) is -0.772. The van der Waals surface area contributed by atoms with E-state index in [1.807, 2.05) is 0 Å². The van der Waals surface area contributed by atoms with Gasteiger partial charge in [0.25, 0.3) is 11.6 Å². The molecule has 0 aliphatic carbocycles. The maximum absolute atomic E-state index is 11.8. The Kier molecular flexibility index (Phi) is 7.04. The van der Waals surface area contributed by atoms with Crippen LogP contribution in [0.15, 0.2) is 24.3 Å². The summed E-state index contributed by atoms with van der Waals surface area (Å²) in [5.74, 6) is -1.67. The fraction of sp³-hybridized carbons (Fsp3) is 0.438. The van der Waals surface area contributed by atoms with Gasteiger partial charge in [0.2, 0.25) is 5.91 Å². The summed E-state index contributed by atoms with van der Waals surface area (Å²) >= 11 is 0. The first kappa shape index (κ1) is 20.1. The predicted octanol–water partition coefficient (Wildman–Crippen LogP) is 1.33. The molecule has 0 bridgehead atoms. The molecular formula is C16H21N3O6. The van der Waals surface area contributed by atoms with Crippen molar-refractivity contribution in [2.45, 2.75) is 26.7 Å². The summed E-state index contributed by atoms with van der Waals surface area (Å²) in [6.45, 7) is 3.48. The van der Waals surface area contributed by atoms with Crippen LogP contribution in [0.2, 0.25) is 0 Å². The number of carboxylic acids is 1. The van der Waals surface area contributed by atoms with Crippen LogP contribution in [0.25, 0.3) is 0 Å². The Labute approximate surface area is 144 Å². The molecule has 9 nitrogen and oxygen atoms in total. The van der Waals surface area contributed by atoms with E-state index in [1.54, 1.807) is 13.8 Å². The minimum Gasteiger partial charge on any atom is -0.481 e. The van der Waals surface area contributed by atoms with Gasteiger partial charge < -0.3 is 15.7 Å². The Morgan fingerprint density at radius 2 is 1.72 bits per heavy atom. The van der Waals surface area contributed by atoms with Crippen molar-refractivity contribution in [3.8, 4) is 0 Å². The number of carbonyl (C=O) groups excluding carboxylic acids is 2. The molecule has 0 unspecified atom stereocenters. The van der Waals surface area contributed by atoms with E-state index in [0.717, 1.165) is 0 Å².